The van der Waals surface area contributed by atoms with Gasteiger partial charge >= 0.3 is 0 Å². The summed E-state index contributed by atoms with van der Waals surface area (Å²) in [5, 5.41) is 5.14. The molecule has 1 aromatic heterocycles. The minimum Gasteiger partial charge on any atom is -0.305 e. The number of rotatable bonds is 4. The van der Waals surface area contributed by atoms with E-state index in [9.17, 15) is 22.8 Å². The minimum absolute atomic E-state index is 0.0738. The highest BCUT2D eigenvalue weighted by Gasteiger charge is 2.30. The Labute approximate surface area is 158 Å². The van der Waals surface area contributed by atoms with Gasteiger partial charge in [-0.25, -0.2) is 13.6 Å². The first-order valence-corrected chi connectivity index (χ1v) is 10.1. The molecule has 0 saturated carbocycles. The van der Waals surface area contributed by atoms with E-state index in [0.717, 1.165) is 16.2 Å². The number of likely N-dealkylation sites (tertiary alicyclic amines) is 1. The van der Waals surface area contributed by atoms with Crippen LogP contribution in [0.3, 0.4) is 0 Å². The maximum atomic E-state index is 12.2. The van der Waals surface area contributed by atoms with E-state index in [-0.39, 0.29) is 29.1 Å². The van der Waals surface area contributed by atoms with Gasteiger partial charge in [0.15, 0.2) is 4.80 Å². The van der Waals surface area contributed by atoms with E-state index in [0.29, 0.717) is 10.2 Å². The number of sulfonamides is 1. The molecular weight excluding hydrogens is 392 g/mol. The number of amides is 3. The van der Waals surface area contributed by atoms with E-state index >= 15 is 0 Å². The van der Waals surface area contributed by atoms with Crippen LogP contribution in [0.1, 0.15) is 12.8 Å². The second kappa shape index (κ2) is 7.07. The molecule has 0 spiro atoms. The van der Waals surface area contributed by atoms with Crippen molar-refractivity contribution < 1.29 is 22.8 Å². The van der Waals surface area contributed by atoms with E-state index in [4.69, 9.17) is 11.6 Å². The van der Waals surface area contributed by atoms with Crippen LogP contribution in [0.2, 0.25) is 0 Å². The van der Waals surface area contributed by atoms with Crippen molar-refractivity contribution in [1.82, 2.24) is 9.47 Å². The van der Waals surface area contributed by atoms with Crippen molar-refractivity contribution in [3.63, 3.8) is 0 Å². The number of carbonyl (C=O) groups excluding carboxylic acids is 3. The average molecular weight is 406 g/mol. The van der Waals surface area contributed by atoms with Gasteiger partial charge in [-0.1, -0.05) is 17.3 Å². The lowest BCUT2D eigenvalue weighted by atomic mass is 10.3. The molecule has 2 heterocycles. The quantitative estimate of drug-likeness (QED) is 0.543. The van der Waals surface area contributed by atoms with Gasteiger partial charge in [0.1, 0.15) is 6.54 Å². The van der Waals surface area contributed by atoms with Crippen LogP contribution in [-0.2, 0) is 31.0 Å². The van der Waals surface area contributed by atoms with E-state index < -0.39 is 34.3 Å². The molecule has 1 saturated heterocycles. The number of benzene rings is 1. The monoisotopic (exact) mass is 406 g/mol. The molecule has 1 aliphatic heterocycles. The number of hydrogen-bond acceptors (Lipinski definition) is 6. The summed E-state index contributed by atoms with van der Waals surface area (Å²) in [4.78, 5) is 40.5. The Balaban J connectivity index is 2.04. The summed E-state index contributed by atoms with van der Waals surface area (Å²) >= 11 is 1.05. The van der Waals surface area contributed by atoms with Crippen molar-refractivity contribution in [2.24, 2.45) is 10.1 Å². The molecule has 11 heteroatoms. The summed E-state index contributed by atoms with van der Waals surface area (Å²) in [5.41, 5.74) is 0.588. The van der Waals surface area contributed by atoms with Gasteiger partial charge in [0.2, 0.25) is 21.8 Å². The van der Waals surface area contributed by atoms with Crippen LogP contribution in [0.4, 0.5) is 0 Å². The number of hydrogen-bond donors (Lipinski definition) is 1. The molecule has 3 amide bonds. The summed E-state index contributed by atoms with van der Waals surface area (Å²) in [6.45, 7) is -0.340. The number of nitrogens with two attached hydrogens (primary N) is 1. The molecule has 2 N–H and O–H groups in total. The third kappa shape index (κ3) is 3.82. The van der Waals surface area contributed by atoms with E-state index in [1.165, 1.54) is 18.2 Å². The molecule has 0 unspecified atom stereocenters. The number of primary sulfonamides is 1. The number of thiazole rings is 1. The second-order valence-electron chi connectivity index (χ2n) is 5.73. The third-order valence-electron chi connectivity index (χ3n) is 3.90. The maximum Gasteiger partial charge on any atom is 0.268 e. The zero-order valence-electron chi connectivity index (χ0n) is 13.9. The Kier molecular flexibility index (Phi) is 4.97. The summed E-state index contributed by atoms with van der Waals surface area (Å²) in [5.74, 6) is 0.950. The van der Waals surface area contributed by atoms with Crippen LogP contribution in [0.5, 0.6) is 0 Å². The normalized spacial score (nSPS) is 15.6. The second-order valence-corrected chi connectivity index (χ2v) is 8.30. The molecule has 1 aliphatic rings. The molecule has 0 radical (unpaired) electrons. The molecule has 1 fully saturated rings. The standard InChI is InChI=1S/C16H14N4O5S2/c1-2-7-19-11-4-3-10(27(17,24)25)8-12(11)26-16(19)18-13(21)9-20-14(22)5-6-15(20)23/h1,3-4,8H,5-7,9H2,(H2,17,24,25). The molecule has 27 heavy (non-hydrogen) atoms. The number of nitrogens with zero attached hydrogens (tertiary/aromatic N) is 3. The first-order valence-electron chi connectivity index (χ1n) is 7.71. The summed E-state index contributed by atoms with van der Waals surface area (Å²) in [6.07, 6.45) is 5.54. The van der Waals surface area contributed by atoms with E-state index in [2.05, 4.69) is 10.9 Å². The molecule has 3 rings (SSSR count). The molecule has 9 nitrogen and oxygen atoms in total. The molecule has 0 atom stereocenters. The highest BCUT2D eigenvalue weighted by Crippen LogP contribution is 2.21. The Hall–Kier alpha value is -2.81. The number of carbonyl (C=O) groups is 3. The minimum atomic E-state index is -3.88. The van der Waals surface area contributed by atoms with Crippen LogP contribution in [0, 0.1) is 12.3 Å². The third-order valence-corrected chi connectivity index (χ3v) is 5.85. The first-order chi connectivity index (χ1) is 12.7. The number of imide groups is 1. The predicted octanol–water partition coefficient (Wildman–Crippen LogP) is -0.440. The zero-order chi connectivity index (χ0) is 19.8. The topological polar surface area (TPSA) is 132 Å². The van der Waals surface area contributed by atoms with Crippen molar-refractivity contribution in [2.75, 3.05) is 6.54 Å². The van der Waals surface area contributed by atoms with Crippen LogP contribution >= 0.6 is 11.3 Å². The number of terminal acetylenes is 1. The van der Waals surface area contributed by atoms with Crippen molar-refractivity contribution >= 4 is 49.3 Å². The fourth-order valence-electron chi connectivity index (χ4n) is 2.64. The van der Waals surface area contributed by atoms with Gasteiger partial charge in [-0.2, -0.15) is 4.99 Å². The van der Waals surface area contributed by atoms with Crippen molar-refractivity contribution in [1.29, 1.82) is 0 Å². The van der Waals surface area contributed by atoms with Gasteiger partial charge in [0, 0.05) is 12.8 Å². The van der Waals surface area contributed by atoms with Crippen LogP contribution in [0.15, 0.2) is 28.1 Å². The van der Waals surface area contributed by atoms with Gasteiger partial charge in [0.05, 0.1) is 21.7 Å². The molecular formula is C16H14N4O5S2. The van der Waals surface area contributed by atoms with Gasteiger partial charge in [-0.15, -0.1) is 6.42 Å². The van der Waals surface area contributed by atoms with Crippen LogP contribution in [0.25, 0.3) is 10.2 Å². The Morgan fingerprint density at radius 2 is 1.96 bits per heavy atom. The molecule has 2 aromatic rings. The lowest BCUT2D eigenvalue weighted by Gasteiger charge is -2.10. The lowest BCUT2D eigenvalue weighted by Crippen LogP contribution is -2.34. The van der Waals surface area contributed by atoms with Crippen molar-refractivity contribution in [2.45, 2.75) is 24.3 Å². The van der Waals surface area contributed by atoms with Gasteiger partial charge < -0.3 is 4.57 Å². The van der Waals surface area contributed by atoms with Gasteiger partial charge in [0.25, 0.3) is 5.91 Å². The summed E-state index contributed by atoms with van der Waals surface area (Å²) < 4.78 is 25.1. The highest BCUT2D eigenvalue weighted by atomic mass is 32.2. The molecule has 1 aromatic carbocycles. The van der Waals surface area contributed by atoms with Crippen LogP contribution < -0.4 is 9.94 Å². The molecule has 0 bridgehead atoms. The fraction of sp³-hybridized carbons (Fsp3) is 0.250. The summed E-state index contributed by atoms with van der Waals surface area (Å²) in [7, 11) is -3.88. The Morgan fingerprint density at radius 3 is 2.56 bits per heavy atom. The number of aromatic nitrogens is 1. The predicted molar refractivity (Wildman–Crippen MR) is 96.5 cm³/mol. The molecule has 0 aliphatic carbocycles. The smallest absolute Gasteiger partial charge is 0.268 e. The van der Waals surface area contributed by atoms with Gasteiger partial charge in [-0.3, -0.25) is 19.3 Å². The Bertz CT molecular complexity index is 1170. The lowest BCUT2D eigenvalue weighted by molar-refractivity contribution is -0.141. The first kappa shape index (κ1) is 19.0. The van der Waals surface area contributed by atoms with Crippen molar-refractivity contribution in [3.8, 4) is 12.3 Å². The van der Waals surface area contributed by atoms with Crippen molar-refractivity contribution in [3.05, 3.63) is 23.0 Å². The van der Waals surface area contributed by atoms with E-state index in [1.54, 1.807) is 4.57 Å². The molecule has 140 valence electrons. The van der Waals surface area contributed by atoms with Gasteiger partial charge in [-0.05, 0) is 18.2 Å². The number of fused-ring (bicyclic) bond motifs is 1. The SMILES string of the molecule is C#CCn1c(=NC(=O)CN2C(=O)CCC2=O)sc2cc(S(N)(=O)=O)ccc21. The van der Waals surface area contributed by atoms with Crippen LogP contribution in [-0.4, -0.2) is 42.2 Å². The summed E-state index contributed by atoms with van der Waals surface area (Å²) in [6, 6.07) is 4.24. The largest absolute Gasteiger partial charge is 0.305 e. The Morgan fingerprint density at radius 1 is 1.30 bits per heavy atom. The highest BCUT2D eigenvalue weighted by molar-refractivity contribution is 7.89. The fourth-order valence-corrected chi connectivity index (χ4v) is 4.34. The van der Waals surface area contributed by atoms with E-state index in [1.807, 2.05) is 0 Å². The maximum absolute atomic E-state index is 12.2. The zero-order valence-corrected chi connectivity index (χ0v) is 15.5. The average Bonchev–Trinajstić information content (AvgIpc) is 3.08.